The lowest BCUT2D eigenvalue weighted by atomic mass is 10.3. The maximum Gasteiger partial charge on any atom is 0.293 e. The van der Waals surface area contributed by atoms with Gasteiger partial charge in [-0.1, -0.05) is 6.07 Å². The zero-order chi connectivity index (χ0) is 13.1. The van der Waals surface area contributed by atoms with Crippen LogP contribution in [-0.2, 0) is 10.0 Å². The van der Waals surface area contributed by atoms with Crippen molar-refractivity contribution in [3.63, 3.8) is 0 Å². The van der Waals surface area contributed by atoms with Crippen LogP contribution in [0.5, 0.6) is 5.75 Å². The number of nitro groups is 1. The zero-order valence-electron chi connectivity index (χ0n) is 8.50. The molecule has 0 aliphatic rings. The van der Waals surface area contributed by atoms with Crippen molar-refractivity contribution in [3.05, 3.63) is 28.3 Å². The highest BCUT2D eigenvalue weighted by atomic mass is 32.2. The third kappa shape index (κ3) is 3.11. The van der Waals surface area contributed by atoms with Crippen LogP contribution in [0.3, 0.4) is 0 Å². The second-order valence-corrected chi connectivity index (χ2v) is 4.44. The SMILES string of the molecule is NS(=O)(=O)c1c(OCCF)cccc1[N+](=O)[O-]. The van der Waals surface area contributed by atoms with Crippen molar-refractivity contribution < 1.29 is 22.5 Å². The predicted molar refractivity (Wildman–Crippen MR) is 55.9 cm³/mol. The molecule has 1 aromatic carbocycles. The van der Waals surface area contributed by atoms with Crippen molar-refractivity contribution in [1.29, 1.82) is 0 Å². The van der Waals surface area contributed by atoms with Gasteiger partial charge in [-0.15, -0.1) is 0 Å². The number of ether oxygens (including phenoxy) is 1. The molecule has 0 fully saturated rings. The summed E-state index contributed by atoms with van der Waals surface area (Å²) in [5.41, 5.74) is -0.705. The van der Waals surface area contributed by atoms with E-state index >= 15 is 0 Å². The molecule has 0 radical (unpaired) electrons. The van der Waals surface area contributed by atoms with E-state index in [-0.39, 0.29) is 5.75 Å². The average molecular weight is 264 g/mol. The first-order chi connectivity index (χ1) is 7.88. The van der Waals surface area contributed by atoms with Crippen LogP contribution in [0.4, 0.5) is 10.1 Å². The topological polar surface area (TPSA) is 113 Å². The monoisotopic (exact) mass is 264 g/mol. The Balaban J connectivity index is 3.40. The Bertz CT molecular complexity index is 531. The van der Waals surface area contributed by atoms with E-state index in [1.54, 1.807) is 0 Å². The Morgan fingerprint density at radius 3 is 2.59 bits per heavy atom. The molecule has 7 nitrogen and oxygen atoms in total. The molecule has 0 atom stereocenters. The van der Waals surface area contributed by atoms with Gasteiger partial charge in [0, 0.05) is 6.07 Å². The van der Waals surface area contributed by atoms with Gasteiger partial charge in [0.25, 0.3) is 5.69 Å². The molecule has 0 aliphatic carbocycles. The number of nitrogens with two attached hydrogens (primary N) is 1. The lowest BCUT2D eigenvalue weighted by Gasteiger charge is -2.08. The molecular weight excluding hydrogens is 255 g/mol. The number of hydrogen-bond acceptors (Lipinski definition) is 5. The third-order valence-corrected chi connectivity index (χ3v) is 2.75. The fourth-order valence-corrected chi connectivity index (χ4v) is 2.04. The molecule has 17 heavy (non-hydrogen) atoms. The Labute approximate surface area is 96.2 Å². The molecule has 0 unspecified atom stereocenters. The molecule has 0 spiro atoms. The second-order valence-electron chi connectivity index (χ2n) is 2.94. The first-order valence-electron chi connectivity index (χ1n) is 4.37. The number of nitrogens with zero attached hydrogens (tertiary/aromatic N) is 1. The lowest BCUT2D eigenvalue weighted by Crippen LogP contribution is -2.16. The number of rotatable bonds is 5. The molecule has 9 heteroatoms. The van der Waals surface area contributed by atoms with Crippen molar-refractivity contribution >= 4 is 15.7 Å². The largest absolute Gasteiger partial charge is 0.489 e. The van der Waals surface area contributed by atoms with Crippen LogP contribution < -0.4 is 9.88 Å². The minimum atomic E-state index is -4.33. The Morgan fingerprint density at radius 1 is 1.47 bits per heavy atom. The van der Waals surface area contributed by atoms with E-state index in [1.165, 1.54) is 12.1 Å². The first kappa shape index (κ1) is 13.3. The average Bonchev–Trinajstić information content (AvgIpc) is 2.24. The fourth-order valence-electron chi connectivity index (χ4n) is 1.20. The highest BCUT2D eigenvalue weighted by Crippen LogP contribution is 2.31. The number of hydrogen-bond donors (Lipinski definition) is 1. The molecule has 0 saturated heterocycles. The summed E-state index contributed by atoms with van der Waals surface area (Å²) in [6, 6.07) is 3.37. The van der Waals surface area contributed by atoms with Gasteiger partial charge in [-0.2, -0.15) is 0 Å². The minimum absolute atomic E-state index is 0.334. The maximum atomic E-state index is 11.9. The lowest BCUT2D eigenvalue weighted by molar-refractivity contribution is -0.388. The van der Waals surface area contributed by atoms with E-state index in [1.807, 2.05) is 0 Å². The van der Waals surface area contributed by atoms with Crippen molar-refractivity contribution in [2.24, 2.45) is 5.14 Å². The summed E-state index contributed by atoms with van der Waals surface area (Å²) >= 11 is 0. The van der Waals surface area contributed by atoms with Gasteiger partial charge >= 0.3 is 0 Å². The zero-order valence-corrected chi connectivity index (χ0v) is 9.31. The molecule has 0 bridgehead atoms. The Kier molecular flexibility index (Phi) is 3.97. The number of benzene rings is 1. The summed E-state index contributed by atoms with van der Waals surface area (Å²) in [6.07, 6.45) is 0. The number of sulfonamides is 1. The van der Waals surface area contributed by atoms with Gasteiger partial charge in [-0.3, -0.25) is 10.1 Å². The van der Waals surface area contributed by atoms with E-state index in [4.69, 9.17) is 9.88 Å². The van der Waals surface area contributed by atoms with Gasteiger partial charge in [0.05, 0.1) is 4.92 Å². The molecule has 0 aromatic heterocycles. The fraction of sp³-hybridized carbons (Fsp3) is 0.250. The van der Waals surface area contributed by atoms with E-state index in [9.17, 15) is 22.9 Å². The third-order valence-electron chi connectivity index (χ3n) is 1.77. The number of halogens is 1. The van der Waals surface area contributed by atoms with Crippen molar-refractivity contribution in [3.8, 4) is 5.75 Å². The van der Waals surface area contributed by atoms with E-state index in [0.717, 1.165) is 6.07 Å². The van der Waals surface area contributed by atoms with Gasteiger partial charge in [-0.05, 0) is 6.07 Å². The molecule has 1 rings (SSSR count). The smallest absolute Gasteiger partial charge is 0.293 e. The highest BCUT2D eigenvalue weighted by molar-refractivity contribution is 7.89. The maximum absolute atomic E-state index is 11.9. The van der Waals surface area contributed by atoms with Gasteiger partial charge in [0.15, 0.2) is 0 Å². The first-order valence-corrected chi connectivity index (χ1v) is 5.91. The predicted octanol–water partition coefficient (Wildman–Crippen LogP) is 0.590. The van der Waals surface area contributed by atoms with Gasteiger partial charge in [0.1, 0.15) is 19.0 Å². The van der Waals surface area contributed by atoms with Crippen molar-refractivity contribution in [2.75, 3.05) is 13.3 Å². The van der Waals surface area contributed by atoms with Gasteiger partial charge in [-0.25, -0.2) is 17.9 Å². The summed E-state index contributed by atoms with van der Waals surface area (Å²) in [7, 11) is -4.33. The van der Waals surface area contributed by atoms with Crippen LogP contribution in [0.25, 0.3) is 0 Å². The standard InChI is InChI=1S/C8H9FN2O5S/c9-4-5-16-7-3-1-2-6(11(12)13)8(7)17(10,14)15/h1-3H,4-5H2,(H2,10,14,15). The number of primary sulfonamides is 1. The quantitative estimate of drug-likeness (QED) is 0.617. The summed E-state index contributed by atoms with van der Waals surface area (Å²) < 4.78 is 39.2. The van der Waals surface area contributed by atoms with E-state index in [0.29, 0.717) is 0 Å². The van der Waals surface area contributed by atoms with Gasteiger partial charge in [0.2, 0.25) is 14.9 Å². The highest BCUT2D eigenvalue weighted by Gasteiger charge is 2.27. The molecule has 0 saturated carbocycles. The summed E-state index contributed by atoms with van der Waals surface area (Å²) in [4.78, 5) is 9.00. The normalized spacial score (nSPS) is 11.2. The van der Waals surface area contributed by atoms with Crippen LogP contribution >= 0.6 is 0 Å². The molecule has 0 heterocycles. The molecule has 0 aliphatic heterocycles. The summed E-state index contributed by atoms with van der Waals surface area (Å²) in [5, 5.41) is 15.5. The van der Waals surface area contributed by atoms with Crippen molar-refractivity contribution in [1.82, 2.24) is 0 Å². The second kappa shape index (κ2) is 5.06. The van der Waals surface area contributed by atoms with Crippen LogP contribution in [-0.4, -0.2) is 26.6 Å². The number of nitro benzene ring substituents is 1. The molecule has 0 amide bonds. The Morgan fingerprint density at radius 2 is 2.12 bits per heavy atom. The van der Waals surface area contributed by atoms with Crippen molar-refractivity contribution in [2.45, 2.75) is 4.90 Å². The minimum Gasteiger partial charge on any atom is -0.489 e. The summed E-state index contributed by atoms with van der Waals surface area (Å²) in [5.74, 6) is -0.334. The van der Waals surface area contributed by atoms with Crippen LogP contribution in [0.1, 0.15) is 0 Å². The number of alkyl halides is 1. The van der Waals surface area contributed by atoms with E-state index in [2.05, 4.69) is 0 Å². The molecule has 1 aromatic rings. The van der Waals surface area contributed by atoms with E-state index < -0.39 is 38.8 Å². The van der Waals surface area contributed by atoms with Crippen LogP contribution in [0.15, 0.2) is 23.1 Å². The molecule has 2 N–H and O–H groups in total. The van der Waals surface area contributed by atoms with Crippen LogP contribution in [0.2, 0.25) is 0 Å². The van der Waals surface area contributed by atoms with Crippen LogP contribution in [0, 0.1) is 10.1 Å². The van der Waals surface area contributed by atoms with Gasteiger partial charge < -0.3 is 4.74 Å². The summed E-state index contributed by atoms with van der Waals surface area (Å²) in [6.45, 7) is -1.27. The Hall–Kier alpha value is -1.74. The molecule has 94 valence electrons. The molecular formula is C8H9FN2O5S.